The van der Waals surface area contributed by atoms with Crippen molar-refractivity contribution in [3.8, 4) is 0 Å². The van der Waals surface area contributed by atoms with Gasteiger partial charge in [-0.05, 0) is 0 Å². The van der Waals surface area contributed by atoms with E-state index in [0.717, 1.165) is 0 Å². The topological polar surface area (TPSA) is 110 Å². The molecule has 6 nitrogen and oxygen atoms in total. The van der Waals surface area contributed by atoms with Crippen LogP contribution in [0.5, 0.6) is 0 Å². The summed E-state index contributed by atoms with van der Waals surface area (Å²) < 4.78 is 0. The van der Waals surface area contributed by atoms with Crippen LogP contribution in [0.25, 0.3) is 0 Å². The summed E-state index contributed by atoms with van der Waals surface area (Å²) in [5, 5.41) is 4.36. The highest BCUT2D eigenvalue weighted by Crippen LogP contribution is 1.85. The van der Waals surface area contributed by atoms with Crippen LogP contribution in [0.15, 0.2) is 0 Å². The Labute approximate surface area is 56.9 Å². The third-order valence-electron chi connectivity index (χ3n) is 1.16. The monoisotopic (exact) mass is 144 g/mol. The van der Waals surface area contributed by atoms with Crippen LogP contribution in [0.4, 0.5) is 0 Å². The van der Waals surface area contributed by atoms with E-state index in [0.29, 0.717) is 0 Å². The molecular formula is C4H8N4O2. The van der Waals surface area contributed by atoms with E-state index in [4.69, 9.17) is 11.5 Å². The molecule has 1 aliphatic rings. The zero-order chi connectivity index (χ0) is 7.72. The first-order valence-electron chi connectivity index (χ1n) is 2.73. The minimum Gasteiger partial charge on any atom is -0.330 e. The molecule has 6 heteroatoms. The van der Waals surface area contributed by atoms with Gasteiger partial charge in [-0.15, -0.1) is 0 Å². The molecule has 0 spiro atoms. The van der Waals surface area contributed by atoms with Crippen molar-refractivity contribution in [2.24, 2.45) is 11.5 Å². The number of nitrogens with two attached hydrogens (primary N) is 2. The van der Waals surface area contributed by atoms with Crippen molar-refractivity contribution in [3.05, 3.63) is 0 Å². The molecule has 1 rings (SSSR count). The molecule has 2 atom stereocenters. The Bertz CT molecular complexity index is 160. The van der Waals surface area contributed by atoms with Gasteiger partial charge < -0.3 is 22.1 Å². The number of piperazine rings is 1. The molecule has 0 aromatic rings. The van der Waals surface area contributed by atoms with E-state index in [-0.39, 0.29) is 0 Å². The Morgan fingerprint density at radius 1 is 1.00 bits per heavy atom. The highest BCUT2D eigenvalue weighted by Gasteiger charge is 2.28. The van der Waals surface area contributed by atoms with Crippen molar-refractivity contribution in [1.29, 1.82) is 0 Å². The number of hydrogen-bond acceptors (Lipinski definition) is 4. The molecule has 0 aliphatic carbocycles. The summed E-state index contributed by atoms with van der Waals surface area (Å²) in [6, 6.07) is 0. The van der Waals surface area contributed by atoms with E-state index in [1.807, 2.05) is 0 Å². The van der Waals surface area contributed by atoms with Crippen molar-refractivity contribution in [2.75, 3.05) is 0 Å². The maximum Gasteiger partial charge on any atom is 0.259 e. The molecule has 1 heterocycles. The highest BCUT2D eigenvalue weighted by molar-refractivity contribution is 5.95. The quantitative estimate of drug-likeness (QED) is 0.287. The standard InChI is InChI=1S/C4H8N4O2/c5-1-3(9)8-2(6)4(10)7-1/h1-2H,5-6H2,(H,7,10)(H,8,9). The predicted octanol–water partition coefficient (Wildman–Crippen LogP) is -3.20. The Morgan fingerprint density at radius 3 is 1.60 bits per heavy atom. The first kappa shape index (κ1) is 6.97. The van der Waals surface area contributed by atoms with Gasteiger partial charge in [0.2, 0.25) is 0 Å². The molecule has 0 bridgehead atoms. The van der Waals surface area contributed by atoms with Crippen LogP contribution in [0, 0.1) is 0 Å². The summed E-state index contributed by atoms with van der Waals surface area (Å²) in [6.45, 7) is 0. The van der Waals surface area contributed by atoms with Gasteiger partial charge in [0.15, 0.2) is 12.3 Å². The van der Waals surface area contributed by atoms with Gasteiger partial charge in [-0.2, -0.15) is 0 Å². The van der Waals surface area contributed by atoms with Crippen molar-refractivity contribution < 1.29 is 9.59 Å². The number of carbonyl (C=O) groups excluding carboxylic acids is 2. The van der Waals surface area contributed by atoms with Crippen molar-refractivity contribution in [3.63, 3.8) is 0 Å². The van der Waals surface area contributed by atoms with E-state index >= 15 is 0 Å². The Morgan fingerprint density at radius 2 is 1.30 bits per heavy atom. The molecule has 1 aliphatic heterocycles. The van der Waals surface area contributed by atoms with Gasteiger partial charge in [-0.25, -0.2) is 0 Å². The smallest absolute Gasteiger partial charge is 0.259 e. The number of rotatable bonds is 0. The Balaban J connectivity index is 2.63. The van der Waals surface area contributed by atoms with E-state index in [1.165, 1.54) is 0 Å². The lowest BCUT2D eigenvalue weighted by Crippen LogP contribution is -2.67. The van der Waals surface area contributed by atoms with Crippen molar-refractivity contribution in [2.45, 2.75) is 12.3 Å². The molecule has 0 radical (unpaired) electrons. The number of nitrogens with one attached hydrogen (secondary N) is 2. The second-order valence-electron chi connectivity index (χ2n) is 1.97. The van der Waals surface area contributed by atoms with Crippen LogP contribution in [0.2, 0.25) is 0 Å². The van der Waals surface area contributed by atoms with Gasteiger partial charge in [0, 0.05) is 0 Å². The second kappa shape index (κ2) is 2.24. The first-order chi connectivity index (χ1) is 4.61. The minimum absolute atomic E-state index is 0.466. The SMILES string of the molecule is NC1NC(=O)C(N)NC1=O. The molecule has 56 valence electrons. The van der Waals surface area contributed by atoms with Gasteiger partial charge >= 0.3 is 0 Å². The lowest BCUT2D eigenvalue weighted by molar-refractivity contribution is -0.136. The first-order valence-corrected chi connectivity index (χ1v) is 2.73. The van der Waals surface area contributed by atoms with E-state index in [9.17, 15) is 9.59 Å². The molecule has 1 fully saturated rings. The molecule has 0 aromatic carbocycles. The average molecular weight is 144 g/mol. The summed E-state index contributed by atoms with van der Waals surface area (Å²) >= 11 is 0. The van der Waals surface area contributed by atoms with Crippen LogP contribution in [-0.2, 0) is 9.59 Å². The fourth-order valence-corrected chi connectivity index (χ4v) is 0.617. The Kier molecular flexibility index (Phi) is 1.56. The molecule has 0 aromatic heterocycles. The van der Waals surface area contributed by atoms with Gasteiger partial charge in [0.05, 0.1) is 0 Å². The summed E-state index contributed by atoms with van der Waals surface area (Å²) in [5.41, 5.74) is 10.3. The third-order valence-corrected chi connectivity index (χ3v) is 1.16. The molecule has 0 saturated carbocycles. The predicted molar refractivity (Wildman–Crippen MR) is 32.2 cm³/mol. The van der Waals surface area contributed by atoms with Crippen LogP contribution in [-0.4, -0.2) is 24.1 Å². The van der Waals surface area contributed by atoms with Crippen LogP contribution in [0.1, 0.15) is 0 Å². The van der Waals surface area contributed by atoms with Gasteiger partial charge in [-0.3, -0.25) is 9.59 Å². The van der Waals surface area contributed by atoms with Crippen molar-refractivity contribution >= 4 is 11.8 Å². The van der Waals surface area contributed by atoms with E-state index in [1.54, 1.807) is 0 Å². The fourth-order valence-electron chi connectivity index (χ4n) is 0.617. The normalized spacial score (nSPS) is 33.0. The van der Waals surface area contributed by atoms with Gasteiger partial charge in [-0.1, -0.05) is 0 Å². The fraction of sp³-hybridized carbons (Fsp3) is 0.500. The van der Waals surface area contributed by atoms with E-state index < -0.39 is 24.1 Å². The highest BCUT2D eigenvalue weighted by atomic mass is 16.2. The van der Waals surface area contributed by atoms with Crippen molar-refractivity contribution in [1.82, 2.24) is 10.6 Å². The Hall–Kier alpha value is -1.14. The molecule has 1 saturated heterocycles. The van der Waals surface area contributed by atoms with Gasteiger partial charge in [0.25, 0.3) is 11.8 Å². The average Bonchev–Trinajstić information content (AvgIpc) is 1.84. The third kappa shape index (κ3) is 1.07. The largest absolute Gasteiger partial charge is 0.330 e. The van der Waals surface area contributed by atoms with Crippen LogP contribution >= 0.6 is 0 Å². The molecule has 10 heavy (non-hydrogen) atoms. The molecule has 6 N–H and O–H groups in total. The van der Waals surface area contributed by atoms with E-state index in [2.05, 4.69) is 10.6 Å². The molecule has 2 unspecified atom stereocenters. The number of carbonyl (C=O) groups is 2. The molecular weight excluding hydrogens is 136 g/mol. The maximum atomic E-state index is 10.6. The zero-order valence-corrected chi connectivity index (χ0v) is 5.13. The molecule has 2 amide bonds. The minimum atomic E-state index is -0.965. The summed E-state index contributed by atoms with van der Waals surface area (Å²) in [4.78, 5) is 21.2. The summed E-state index contributed by atoms with van der Waals surface area (Å²) in [5.74, 6) is -0.931. The number of amides is 2. The second-order valence-corrected chi connectivity index (χ2v) is 1.97. The lowest BCUT2D eigenvalue weighted by atomic mass is 10.3. The zero-order valence-electron chi connectivity index (χ0n) is 5.13. The maximum absolute atomic E-state index is 10.6. The van der Waals surface area contributed by atoms with Crippen LogP contribution in [0.3, 0.4) is 0 Å². The number of hydrogen-bond donors (Lipinski definition) is 4. The van der Waals surface area contributed by atoms with Gasteiger partial charge in [0.1, 0.15) is 0 Å². The lowest BCUT2D eigenvalue weighted by Gasteiger charge is -2.24. The van der Waals surface area contributed by atoms with Crippen LogP contribution < -0.4 is 22.1 Å². The summed E-state index contributed by atoms with van der Waals surface area (Å²) in [6.07, 6.45) is -1.93. The summed E-state index contributed by atoms with van der Waals surface area (Å²) in [7, 11) is 0.